The second kappa shape index (κ2) is 8.40. The average Bonchev–Trinajstić information content (AvgIpc) is 3.01. The summed E-state index contributed by atoms with van der Waals surface area (Å²) in [6.45, 7) is 2.60. The monoisotopic (exact) mass is 407 g/mol. The van der Waals surface area contributed by atoms with E-state index in [1.807, 2.05) is 0 Å². The predicted octanol–water partition coefficient (Wildman–Crippen LogP) is 1.34. The van der Waals surface area contributed by atoms with Crippen LogP contribution in [0.4, 0.5) is 5.69 Å². The quantitative estimate of drug-likeness (QED) is 0.717. The van der Waals surface area contributed by atoms with Crippen molar-refractivity contribution >= 4 is 33.4 Å². The number of imide groups is 1. The highest BCUT2D eigenvalue weighted by atomic mass is 32.2. The van der Waals surface area contributed by atoms with Gasteiger partial charge in [0, 0.05) is 37.5 Å². The van der Waals surface area contributed by atoms with Crippen LogP contribution in [-0.2, 0) is 31.0 Å². The maximum Gasteiger partial charge on any atom is 0.229 e. The summed E-state index contributed by atoms with van der Waals surface area (Å²) in [6.07, 6.45) is 1.54. The molecule has 0 aliphatic carbocycles. The number of carbonyl (C=O) groups excluding carboxylic acids is 3. The SMILES string of the molecule is CCS(=O)(=O)N1CCC(C(=O)Nc2ccc(CN3C(=O)CCC3=O)cc2)CC1. The molecule has 2 saturated heterocycles. The van der Waals surface area contributed by atoms with Crippen molar-refractivity contribution in [2.24, 2.45) is 5.92 Å². The third-order valence-corrected chi connectivity index (χ3v) is 7.18. The van der Waals surface area contributed by atoms with Crippen LogP contribution in [-0.4, -0.2) is 54.2 Å². The summed E-state index contributed by atoms with van der Waals surface area (Å²) in [6, 6.07) is 7.06. The minimum Gasteiger partial charge on any atom is -0.326 e. The van der Waals surface area contributed by atoms with Crippen LogP contribution in [0.5, 0.6) is 0 Å². The molecule has 2 aliphatic heterocycles. The van der Waals surface area contributed by atoms with Gasteiger partial charge in [-0.15, -0.1) is 0 Å². The molecule has 2 aliphatic rings. The van der Waals surface area contributed by atoms with Crippen LogP contribution in [0.2, 0.25) is 0 Å². The molecule has 1 aromatic rings. The van der Waals surface area contributed by atoms with Crippen LogP contribution in [0.25, 0.3) is 0 Å². The molecule has 0 spiro atoms. The van der Waals surface area contributed by atoms with Crippen molar-refractivity contribution in [1.82, 2.24) is 9.21 Å². The maximum atomic E-state index is 12.5. The Balaban J connectivity index is 1.52. The number of likely N-dealkylation sites (tertiary alicyclic amines) is 1. The summed E-state index contributed by atoms with van der Waals surface area (Å²) >= 11 is 0. The maximum absolute atomic E-state index is 12.5. The molecule has 1 aromatic carbocycles. The van der Waals surface area contributed by atoms with Crippen LogP contribution < -0.4 is 5.32 Å². The molecule has 0 saturated carbocycles. The molecule has 2 fully saturated rings. The lowest BCUT2D eigenvalue weighted by Crippen LogP contribution is -2.42. The number of hydrogen-bond donors (Lipinski definition) is 1. The number of rotatable bonds is 6. The smallest absolute Gasteiger partial charge is 0.229 e. The fraction of sp³-hybridized carbons (Fsp3) is 0.526. The molecule has 2 heterocycles. The Bertz CT molecular complexity index is 842. The summed E-state index contributed by atoms with van der Waals surface area (Å²) in [5.41, 5.74) is 1.45. The van der Waals surface area contributed by atoms with E-state index in [9.17, 15) is 22.8 Å². The molecular weight excluding hydrogens is 382 g/mol. The highest BCUT2D eigenvalue weighted by Crippen LogP contribution is 2.22. The van der Waals surface area contributed by atoms with E-state index in [0.29, 0.717) is 31.6 Å². The van der Waals surface area contributed by atoms with Crippen LogP contribution in [0.1, 0.15) is 38.2 Å². The van der Waals surface area contributed by atoms with Gasteiger partial charge in [-0.25, -0.2) is 12.7 Å². The Morgan fingerprint density at radius 3 is 2.18 bits per heavy atom. The van der Waals surface area contributed by atoms with E-state index >= 15 is 0 Å². The van der Waals surface area contributed by atoms with Gasteiger partial charge in [-0.05, 0) is 37.5 Å². The van der Waals surface area contributed by atoms with Gasteiger partial charge in [0.1, 0.15) is 0 Å². The lowest BCUT2D eigenvalue weighted by atomic mass is 9.97. The number of carbonyl (C=O) groups is 3. The summed E-state index contributed by atoms with van der Waals surface area (Å²) in [7, 11) is -3.20. The van der Waals surface area contributed by atoms with E-state index in [1.165, 1.54) is 9.21 Å². The molecule has 3 rings (SSSR count). The van der Waals surface area contributed by atoms with Crippen molar-refractivity contribution in [2.45, 2.75) is 39.2 Å². The van der Waals surface area contributed by atoms with Gasteiger partial charge in [-0.3, -0.25) is 19.3 Å². The molecule has 0 aromatic heterocycles. The first-order valence-electron chi connectivity index (χ1n) is 9.51. The molecule has 8 nitrogen and oxygen atoms in total. The Kier molecular flexibility index (Phi) is 6.14. The summed E-state index contributed by atoms with van der Waals surface area (Å²) in [5, 5.41) is 2.86. The van der Waals surface area contributed by atoms with Crippen molar-refractivity contribution in [3.63, 3.8) is 0 Å². The molecule has 9 heteroatoms. The van der Waals surface area contributed by atoms with Crippen molar-refractivity contribution in [3.8, 4) is 0 Å². The number of nitrogens with zero attached hydrogens (tertiary/aromatic N) is 2. The zero-order valence-electron chi connectivity index (χ0n) is 15.9. The van der Waals surface area contributed by atoms with Gasteiger partial charge in [0.05, 0.1) is 12.3 Å². The molecule has 152 valence electrons. The van der Waals surface area contributed by atoms with Gasteiger partial charge in [0.2, 0.25) is 27.7 Å². The van der Waals surface area contributed by atoms with E-state index in [2.05, 4.69) is 5.32 Å². The van der Waals surface area contributed by atoms with Crippen molar-refractivity contribution in [3.05, 3.63) is 29.8 Å². The number of nitrogens with one attached hydrogen (secondary N) is 1. The molecule has 3 amide bonds. The Morgan fingerprint density at radius 1 is 1.07 bits per heavy atom. The number of anilines is 1. The molecular formula is C19H25N3O5S. The lowest BCUT2D eigenvalue weighted by Gasteiger charge is -2.30. The van der Waals surface area contributed by atoms with E-state index < -0.39 is 10.0 Å². The minimum absolute atomic E-state index is 0.0742. The fourth-order valence-corrected chi connectivity index (χ4v) is 4.63. The second-order valence-electron chi connectivity index (χ2n) is 7.13. The zero-order valence-corrected chi connectivity index (χ0v) is 16.7. The van der Waals surface area contributed by atoms with E-state index in [0.717, 1.165) is 5.56 Å². The predicted molar refractivity (Wildman–Crippen MR) is 104 cm³/mol. The second-order valence-corrected chi connectivity index (χ2v) is 9.39. The zero-order chi connectivity index (χ0) is 20.3. The standard InChI is InChI=1S/C19H25N3O5S/c1-2-28(26,27)21-11-9-15(10-12-21)19(25)20-16-5-3-14(4-6-16)13-22-17(23)7-8-18(22)24/h3-6,15H,2,7-13H2,1H3,(H,20,25). The molecule has 0 bridgehead atoms. The largest absolute Gasteiger partial charge is 0.326 e. The third kappa shape index (κ3) is 4.59. The first-order valence-corrected chi connectivity index (χ1v) is 11.1. The summed E-state index contributed by atoms with van der Waals surface area (Å²) < 4.78 is 25.2. The van der Waals surface area contributed by atoms with Crippen LogP contribution in [0.3, 0.4) is 0 Å². The Morgan fingerprint density at radius 2 is 1.64 bits per heavy atom. The van der Waals surface area contributed by atoms with Crippen LogP contribution >= 0.6 is 0 Å². The number of sulfonamides is 1. The third-order valence-electron chi connectivity index (χ3n) is 5.30. The minimum atomic E-state index is -3.20. The average molecular weight is 407 g/mol. The number of hydrogen-bond acceptors (Lipinski definition) is 5. The summed E-state index contributed by atoms with van der Waals surface area (Å²) in [4.78, 5) is 37.1. The normalized spacial score (nSPS) is 19.2. The first-order chi connectivity index (χ1) is 13.3. The van der Waals surface area contributed by atoms with Gasteiger partial charge in [-0.2, -0.15) is 0 Å². The van der Waals surface area contributed by atoms with Crippen molar-refractivity contribution in [1.29, 1.82) is 0 Å². The van der Waals surface area contributed by atoms with E-state index in [-0.39, 0.29) is 48.8 Å². The number of piperidine rings is 1. The molecule has 0 unspecified atom stereocenters. The van der Waals surface area contributed by atoms with E-state index in [1.54, 1.807) is 31.2 Å². The van der Waals surface area contributed by atoms with E-state index in [4.69, 9.17) is 0 Å². The Hall–Kier alpha value is -2.26. The van der Waals surface area contributed by atoms with Gasteiger partial charge < -0.3 is 5.32 Å². The van der Waals surface area contributed by atoms with Crippen LogP contribution in [0.15, 0.2) is 24.3 Å². The molecule has 1 N–H and O–H groups in total. The molecule has 0 radical (unpaired) electrons. The molecule has 0 atom stereocenters. The topological polar surface area (TPSA) is 104 Å². The van der Waals surface area contributed by atoms with Crippen molar-refractivity contribution < 1.29 is 22.8 Å². The Labute approximate surface area is 164 Å². The highest BCUT2D eigenvalue weighted by molar-refractivity contribution is 7.89. The fourth-order valence-electron chi connectivity index (χ4n) is 3.50. The first kappa shape index (κ1) is 20.5. The number of benzene rings is 1. The highest BCUT2D eigenvalue weighted by Gasteiger charge is 2.30. The molecule has 28 heavy (non-hydrogen) atoms. The van der Waals surface area contributed by atoms with Gasteiger partial charge in [-0.1, -0.05) is 12.1 Å². The van der Waals surface area contributed by atoms with Crippen LogP contribution in [0, 0.1) is 5.92 Å². The van der Waals surface area contributed by atoms with Gasteiger partial charge >= 0.3 is 0 Å². The lowest BCUT2D eigenvalue weighted by molar-refractivity contribution is -0.139. The van der Waals surface area contributed by atoms with Crippen molar-refractivity contribution in [2.75, 3.05) is 24.2 Å². The van der Waals surface area contributed by atoms with Gasteiger partial charge in [0.15, 0.2) is 0 Å². The summed E-state index contributed by atoms with van der Waals surface area (Å²) in [5.74, 6) is -0.572. The number of amides is 3. The van der Waals surface area contributed by atoms with Gasteiger partial charge in [0.25, 0.3) is 0 Å².